The van der Waals surface area contributed by atoms with Crippen molar-refractivity contribution in [3.63, 3.8) is 0 Å². The van der Waals surface area contributed by atoms with Crippen LogP contribution in [-0.2, 0) is 12.8 Å². The van der Waals surface area contributed by atoms with Gasteiger partial charge in [-0.25, -0.2) is 4.39 Å². The number of furan rings is 1. The Morgan fingerprint density at radius 3 is 2.57 bits per heavy atom. The molecule has 2 aromatic rings. The van der Waals surface area contributed by atoms with Gasteiger partial charge in [-0.05, 0) is 80.6 Å². The summed E-state index contributed by atoms with van der Waals surface area (Å²) < 4.78 is 19.9. The SMILES string of the molecule is CCCN(CCC)[C@H]1CCc2c(F)ccc(-c3ccco3)c2C1. The van der Waals surface area contributed by atoms with E-state index in [9.17, 15) is 4.39 Å². The summed E-state index contributed by atoms with van der Waals surface area (Å²) in [6.45, 7) is 6.71. The Morgan fingerprint density at radius 1 is 1.13 bits per heavy atom. The maximum absolute atomic E-state index is 14.3. The van der Waals surface area contributed by atoms with Crippen LogP contribution in [0.2, 0.25) is 0 Å². The Labute approximate surface area is 138 Å². The Kier molecular flexibility index (Phi) is 5.16. The van der Waals surface area contributed by atoms with Crippen molar-refractivity contribution in [2.75, 3.05) is 13.1 Å². The van der Waals surface area contributed by atoms with Crippen molar-refractivity contribution >= 4 is 0 Å². The van der Waals surface area contributed by atoms with Crippen LogP contribution in [0.1, 0.15) is 44.2 Å². The van der Waals surface area contributed by atoms with Crippen LogP contribution in [-0.4, -0.2) is 24.0 Å². The Morgan fingerprint density at radius 2 is 1.91 bits per heavy atom. The summed E-state index contributed by atoms with van der Waals surface area (Å²) in [7, 11) is 0. The fraction of sp³-hybridized carbons (Fsp3) is 0.500. The molecule has 1 aromatic carbocycles. The van der Waals surface area contributed by atoms with Crippen LogP contribution in [0, 0.1) is 5.82 Å². The number of benzene rings is 1. The summed E-state index contributed by atoms with van der Waals surface area (Å²) >= 11 is 0. The lowest BCUT2D eigenvalue weighted by Gasteiger charge is -2.35. The maximum atomic E-state index is 14.3. The summed E-state index contributed by atoms with van der Waals surface area (Å²) in [6, 6.07) is 7.84. The van der Waals surface area contributed by atoms with Crippen molar-refractivity contribution in [2.24, 2.45) is 0 Å². The molecule has 0 bridgehead atoms. The molecule has 2 nitrogen and oxygen atoms in total. The van der Waals surface area contributed by atoms with Crippen molar-refractivity contribution in [1.82, 2.24) is 4.90 Å². The minimum absolute atomic E-state index is 0.0636. The van der Waals surface area contributed by atoms with E-state index in [2.05, 4.69) is 18.7 Å². The van der Waals surface area contributed by atoms with Gasteiger partial charge >= 0.3 is 0 Å². The highest BCUT2D eigenvalue weighted by atomic mass is 19.1. The summed E-state index contributed by atoms with van der Waals surface area (Å²) in [5, 5.41) is 0. The molecule has 1 atom stereocenters. The minimum Gasteiger partial charge on any atom is -0.464 e. The first-order chi connectivity index (χ1) is 11.2. The fourth-order valence-electron chi connectivity index (χ4n) is 3.84. The molecule has 3 heteroatoms. The third-order valence-electron chi connectivity index (χ3n) is 4.87. The third kappa shape index (κ3) is 3.35. The molecule has 0 fully saturated rings. The molecule has 0 amide bonds. The number of fused-ring (bicyclic) bond motifs is 1. The molecule has 0 radical (unpaired) electrons. The molecule has 23 heavy (non-hydrogen) atoms. The molecule has 1 heterocycles. The molecule has 0 saturated carbocycles. The molecule has 0 unspecified atom stereocenters. The van der Waals surface area contributed by atoms with E-state index in [1.54, 1.807) is 12.3 Å². The molecule has 0 saturated heterocycles. The number of halogens is 1. The van der Waals surface area contributed by atoms with Crippen LogP contribution < -0.4 is 0 Å². The van der Waals surface area contributed by atoms with Gasteiger partial charge in [0.2, 0.25) is 0 Å². The quantitative estimate of drug-likeness (QED) is 0.740. The lowest BCUT2D eigenvalue weighted by Crippen LogP contribution is -2.40. The summed E-state index contributed by atoms with van der Waals surface area (Å²) in [5.74, 6) is 0.783. The first-order valence-electron chi connectivity index (χ1n) is 8.82. The van der Waals surface area contributed by atoms with E-state index in [4.69, 9.17) is 4.42 Å². The molecule has 3 rings (SSSR count). The van der Waals surface area contributed by atoms with E-state index >= 15 is 0 Å². The predicted molar refractivity (Wildman–Crippen MR) is 92.1 cm³/mol. The highest BCUT2D eigenvalue weighted by molar-refractivity contribution is 5.65. The highest BCUT2D eigenvalue weighted by Crippen LogP contribution is 2.35. The van der Waals surface area contributed by atoms with E-state index in [1.165, 1.54) is 0 Å². The van der Waals surface area contributed by atoms with Crippen LogP contribution in [0.15, 0.2) is 34.9 Å². The summed E-state index contributed by atoms with van der Waals surface area (Å²) in [4.78, 5) is 2.58. The van der Waals surface area contributed by atoms with Crippen LogP contribution in [0.25, 0.3) is 11.3 Å². The molecule has 1 aliphatic rings. The zero-order chi connectivity index (χ0) is 16.2. The van der Waals surface area contributed by atoms with Gasteiger partial charge in [0.05, 0.1) is 6.26 Å². The van der Waals surface area contributed by atoms with Crippen molar-refractivity contribution in [3.05, 3.63) is 47.5 Å². The predicted octanol–water partition coefficient (Wildman–Crippen LogP) is 5.07. The zero-order valence-electron chi connectivity index (χ0n) is 14.1. The largest absolute Gasteiger partial charge is 0.464 e. The minimum atomic E-state index is -0.0636. The summed E-state index contributed by atoms with van der Waals surface area (Å²) in [5.41, 5.74) is 3.10. The van der Waals surface area contributed by atoms with E-state index in [1.807, 2.05) is 18.2 Å². The first-order valence-corrected chi connectivity index (χ1v) is 8.82. The Bertz CT molecular complexity index is 629. The maximum Gasteiger partial charge on any atom is 0.134 e. The Hall–Kier alpha value is -1.61. The third-order valence-corrected chi connectivity index (χ3v) is 4.87. The molecule has 124 valence electrons. The smallest absolute Gasteiger partial charge is 0.134 e. The van der Waals surface area contributed by atoms with Gasteiger partial charge in [-0.15, -0.1) is 0 Å². The van der Waals surface area contributed by atoms with Gasteiger partial charge in [-0.3, -0.25) is 0 Å². The zero-order valence-corrected chi connectivity index (χ0v) is 14.1. The van der Waals surface area contributed by atoms with Crippen molar-refractivity contribution < 1.29 is 8.81 Å². The van der Waals surface area contributed by atoms with E-state index in [0.29, 0.717) is 6.04 Å². The van der Waals surface area contributed by atoms with Crippen LogP contribution in [0.3, 0.4) is 0 Å². The number of rotatable bonds is 6. The van der Waals surface area contributed by atoms with E-state index in [-0.39, 0.29) is 5.82 Å². The average Bonchev–Trinajstić information content (AvgIpc) is 3.09. The molecule has 0 aliphatic heterocycles. The fourth-order valence-corrected chi connectivity index (χ4v) is 3.84. The number of hydrogen-bond acceptors (Lipinski definition) is 2. The molecular formula is C20H26FNO. The topological polar surface area (TPSA) is 16.4 Å². The van der Waals surface area contributed by atoms with Crippen LogP contribution in [0.4, 0.5) is 4.39 Å². The normalized spacial score (nSPS) is 17.5. The van der Waals surface area contributed by atoms with Gasteiger partial charge in [0.1, 0.15) is 11.6 Å². The molecule has 0 spiro atoms. The van der Waals surface area contributed by atoms with Crippen LogP contribution >= 0.6 is 0 Å². The van der Waals surface area contributed by atoms with Crippen molar-refractivity contribution in [3.8, 4) is 11.3 Å². The van der Waals surface area contributed by atoms with Crippen molar-refractivity contribution in [2.45, 2.75) is 52.0 Å². The molecule has 1 aliphatic carbocycles. The summed E-state index contributed by atoms with van der Waals surface area (Å²) in [6.07, 6.45) is 6.81. The van der Waals surface area contributed by atoms with Gasteiger partial charge < -0.3 is 9.32 Å². The van der Waals surface area contributed by atoms with Gasteiger partial charge in [0.25, 0.3) is 0 Å². The van der Waals surface area contributed by atoms with Gasteiger partial charge in [-0.1, -0.05) is 13.8 Å². The molecular weight excluding hydrogens is 289 g/mol. The van der Waals surface area contributed by atoms with E-state index in [0.717, 1.165) is 67.6 Å². The number of hydrogen-bond donors (Lipinski definition) is 0. The number of nitrogens with zero attached hydrogens (tertiary/aromatic N) is 1. The Balaban J connectivity index is 1.93. The second-order valence-electron chi connectivity index (χ2n) is 6.46. The van der Waals surface area contributed by atoms with Gasteiger partial charge in [0.15, 0.2) is 0 Å². The lowest BCUT2D eigenvalue weighted by molar-refractivity contribution is 0.179. The lowest BCUT2D eigenvalue weighted by atomic mass is 9.83. The van der Waals surface area contributed by atoms with Gasteiger partial charge in [-0.2, -0.15) is 0 Å². The van der Waals surface area contributed by atoms with Crippen LogP contribution in [0.5, 0.6) is 0 Å². The van der Waals surface area contributed by atoms with E-state index < -0.39 is 0 Å². The standard InChI is InChI=1S/C20H26FNO/c1-3-11-22(12-4-2)15-7-8-16-18(14-15)17(9-10-19(16)21)20-6-5-13-23-20/h5-6,9-10,13,15H,3-4,7-8,11-12,14H2,1-2H3/t15-/m0/s1. The highest BCUT2D eigenvalue weighted by Gasteiger charge is 2.27. The monoisotopic (exact) mass is 315 g/mol. The second-order valence-corrected chi connectivity index (χ2v) is 6.46. The molecule has 0 N–H and O–H groups in total. The first kappa shape index (κ1) is 16.3. The van der Waals surface area contributed by atoms with Crippen molar-refractivity contribution in [1.29, 1.82) is 0 Å². The average molecular weight is 315 g/mol. The molecule has 1 aromatic heterocycles. The van der Waals surface area contributed by atoms with Gasteiger partial charge in [0, 0.05) is 11.6 Å². The second kappa shape index (κ2) is 7.31.